The van der Waals surface area contributed by atoms with Crippen LogP contribution in [0.4, 0.5) is 0 Å². The minimum atomic E-state index is -0.0791. The molecule has 1 aliphatic rings. The molecular formula is C17H22OS2. The number of hydrogen-bond donors (Lipinski definition) is 1. The van der Waals surface area contributed by atoms with E-state index in [1.54, 1.807) is 0 Å². The van der Waals surface area contributed by atoms with E-state index in [-0.39, 0.29) is 6.61 Å². The Morgan fingerprint density at radius 2 is 1.75 bits per heavy atom. The molecule has 1 fully saturated rings. The lowest BCUT2D eigenvalue weighted by Crippen LogP contribution is -2.27. The van der Waals surface area contributed by atoms with Crippen LogP contribution in [0, 0.1) is 23.2 Å². The van der Waals surface area contributed by atoms with Gasteiger partial charge in [-0.3, -0.25) is 0 Å². The van der Waals surface area contributed by atoms with Crippen molar-refractivity contribution in [3.05, 3.63) is 35.4 Å². The molecule has 1 nitrogen and oxygen atoms in total. The maximum absolute atomic E-state index is 8.70. The Hall–Kier alpha value is -0.560. The van der Waals surface area contributed by atoms with Gasteiger partial charge in [0.25, 0.3) is 0 Å². The predicted octanol–water partition coefficient (Wildman–Crippen LogP) is 4.17. The molecule has 20 heavy (non-hydrogen) atoms. The Morgan fingerprint density at radius 3 is 2.25 bits per heavy atom. The van der Waals surface area contributed by atoms with Gasteiger partial charge >= 0.3 is 0 Å². The summed E-state index contributed by atoms with van der Waals surface area (Å²) < 4.78 is 0.549. The Balaban J connectivity index is 1.97. The second kappa shape index (κ2) is 6.93. The summed E-state index contributed by atoms with van der Waals surface area (Å²) in [5, 5.41) is 8.70. The predicted molar refractivity (Wildman–Crippen MR) is 91.0 cm³/mol. The summed E-state index contributed by atoms with van der Waals surface area (Å²) in [6, 6.07) is 8.44. The SMILES string of the molecule is CC(C)(C)C1CSC(c2ccc(C#CCO)cc2)SC1. The van der Waals surface area contributed by atoms with E-state index >= 15 is 0 Å². The monoisotopic (exact) mass is 306 g/mol. The minimum absolute atomic E-state index is 0.0791. The summed E-state index contributed by atoms with van der Waals surface area (Å²) >= 11 is 4.12. The molecule has 0 amide bonds. The van der Waals surface area contributed by atoms with Crippen LogP contribution in [0.25, 0.3) is 0 Å². The molecule has 0 unspecified atom stereocenters. The van der Waals surface area contributed by atoms with E-state index in [0.717, 1.165) is 11.5 Å². The second-order valence-corrected chi connectivity index (χ2v) is 8.72. The fourth-order valence-corrected chi connectivity index (χ4v) is 5.82. The van der Waals surface area contributed by atoms with Crippen molar-refractivity contribution in [3.8, 4) is 11.8 Å². The van der Waals surface area contributed by atoms with Gasteiger partial charge in [-0.2, -0.15) is 0 Å². The van der Waals surface area contributed by atoms with E-state index in [9.17, 15) is 0 Å². The normalized spacial score (nSPS) is 23.0. The highest BCUT2D eigenvalue weighted by atomic mass is 32.2. The number of rotatable bonds is 1. The largest absolute Gasteiger partial charge is 0.384 e. The van der Waals surface area contributed by atoms with Gasteiger partial charge in [0.05, 0.1) is 4.58 Å². The molecule has 0 spiro atoms. The summed E-state index contributed by atoms with van der Waals surface area (Å²) in [6.07, 6.45) is 0. The molecule has 0 aromatic heterocycles. The zero-order chi connectivity index (χ0) is 14.6. The van der Waals surface area contributed by atoms with E-state index < -0.39 is 0 Å². The molecule has 3 heteroatoms. The van der Waals surface area contributed by atoms with Crippen molar-refractivity contribution in [1.82, 2.24) is 0 Å². The lowest BCUT2D eigenvalue weighted by atomic mass is 9.83. The molecule has 1 heterocycles. The van der Waals surface area contributed by atoms with Gasteiger partial charge in [-0.05, 0) is 40.5 Å². The van der Waals surface area contributed by atoms with Gasteiger partial charge in [-0.25, -0.2) is 0 Å². The van der Waals surface area contributed by atoms with Crippen LogP contribution in [0.15, 0.2) is 24.3 Å². The summed E-state index contributed by atoms with van der Waals surface area (Å²) in [5.41, 5.74) is 2.76. The van der Waals surface area contributed by atoms with E-state index in [1.807, 2.05) is 0 Å². The van der Waals surface area contributed by atoms with Crippen LogP contribution in [0.2, 0.25) is 0 Å². The second-order valence-electron chi connectivity index (χ2n) is 6.14. The Bertz CT molecular complexity index is 482. The first-order valence-electron chi connectivity index (χ1n) is 6.93. The number of thioether (sulfide) groups is 2. The summed E-state index contributed by atoms with van der Waals surface area (Å²) in [4.78, 5) is 0. The summed E-state index contributed by atoms with van der Waals surface area (Å²) in [5.74, 6) is 8.90. The van der Waals surface area contributed by atoms with E-state index in [2.05, 4.69) is 80.4 Å². The van der Waals surface area contributed by atoms with Crippen LogP contribution >= 0.6 is 23.5 Å². The molecule has 1 aliphatic heterocycles. The number of hydrogen-bond acceptors (Lipinski definition) is 3. The maximum Gasteiger partial charge on any atom is 0.104 e. The van der Waals surface area contributed by atoms with Gasteiger partial charge in [0, 0.05) is 5.56 Å². The first-order chi connectivity index (χ1) is 9.50. The van der Waals surface area contributed by atoms with Crippen molar-refractivity contribution in [2.75, 3.05) is 18.1 Å². The number of aliphatic hydroxyl groups excluding tert-OH is 1. The molecular weight excluding hydrogens is 284 g/mol. The van der Waals surface area contributed by atoms with Gasteiger partial charge in [-0.15, -0.1) is 23.5 Å². The summed E-state index contributed by atoms with van der Waals surface area (Å²) in [7, 11) is 0. The van der Waals surface area contributed by atoms with Gasteiger partial charge in [0.2, 0.25) is 0 Å². The Labute approximate surface area is 130 Å². The molecule has 0 atom stereocenters. The van der Waals surface area contributed by atoms with Gasteiger partial charge < -0.3 is 5.11 Å². The van der Waals surface area contributed by atoms with E-state index in [0.29, 0.717) is 10.00 Å². The van der Waals surface area contributed by atoms with Crippen LogP contribution in [0.3, 0.4) is 0 Å². The van der Waals surface area contributed by atoms with E-state index in [1.165, 1.54) is 17.1 Å². The van der Waals surface area contributed by atoms with Crippen LogP contribution in [-0.4, -0.2) is 23.2 Å². The zero-order valence-corrected chi connectivity index (χ0v) is 14.0. The smallest absolute Gasteiger partial charge is 0.104 e. The Morgan fingerprint density at radius 1 is 1.15 bits per heavy atom. The molecule has 2 rings (SSSR count). The third kappa shape index (κ3) is 4.22. The highest BCUT2D eigenvalue weighted by Gasteiger charge is 2.31. The van der Waals surface area contributed by atoms with Gasteiger partial charge in [-0.1, -0.05) is 44.7 Å². The number of aliphatic hydroxyl groups is 1. The zero-order valence-electron chi connectivity index (χ0n) is 12.3. The average Bonchev–Trinajstić information content (AvgIpc) is 2.45. The van der Waals surface area contributed by atoms with E-state index in [4.69, 9.17) is 5.11 Å². The maximum atomic E-state index is 8.70. The highest BCUT2D eigenvalue weighted by molar-refractivity contribution is 8.16. The molecule has 1 aromatic carbocycles. The van der Waals surface area contributed by atoms with Gasteiger partial charge in [0.15, 0.2) is 0 Å². The topological polar surface area (TPSA) is 20.2 Å². The quantitative estimate of drug-likeness (QED) is 0.786. The standard InChI is InChI=1S/C17H22OS2/c1-17(2,3)15-11-19-16(20-12-15)14-8-6-13(7-9-14)5-4-10-18/h6-9,15-16,18H,10-12H2,1-3H3. The van der Waals surface area contributed by atoms with Gasteiger partial charge in [0.1, 0.15) is 6.61 Å². The molecule has 0 aliphatic carbocycles. The molecule has 0 saturated carbocycles. The first kappa shape index (κ1) is 15.8. The minimum Gasteiger partial charge on any atom is -0.384 e. The van der Waals surface area contributed by atoms with Crippen molar-refractivity contribution in [2.24, 2.45) is 11.3 Å². The lowest BCUT2D eigenvalue weighted by molar-refractivity contribution is 0.292. The molecule has 0 bridgehead atoms. The molecule has 0 radical (unpaired) electrons. The van der Waals surface area contributed by atoms with Crippen LogP contribution in [0.5, 0.6) is 0 Å². The first-order valence-corrected chi connectivity index (χ1v) is 9.03. The fourth-order valence-electron chi connectivity index (χ4n) is 2.06. The molecule has 1 N–H and O–H groups in total. The summed E-state index contributed by atoms with van der Waals surface area (Å²) in [6.45, 7) is 6.94. The molecule has 108 valence electrons. The lowest BCUT2D eigenvalue weighted by Gasteiger charge is -2.36. The molecule has 1 saturated heterocycles. The highest BCUT2D eigenvalue weighted by Crippen LogP contribution is 2.49. The van der Waals surface area contributed by atoms with Crippen molar-refractivity contribution in [3.63, 3.8) is 0 Å². The van der Waals surface area contributed by atoms with Crippen LogP contribution in [-0.2, 0) is 0 Å². The van der Waals surface area contributed by atoms with Crippen molar-refractivity contribution in [2.45, 2.75) is 25.4 Å². The van der Waals surface area contributed by atoms with Crippen molar-refractivity contribution >= 4 is 23.5 Å². The Kier molecular flexibility index (Phi) is 5.49. The van der Waals surface area contributed by atoms with Crippen LogP contribution in [0.1, 0.15) is 36.5 Å². The number of benzene rings is 1. The third-order valence-electron chi connectivity index (χ3n) is 3.62. The third-order valence-corrected chi connectivity index (χ3v) is 6.77. The van der Waals surface area contributed by atoms with Crippen molar-refractivity contribution < 1.29 is 5.11 Å². The van der Waals surface area contributed by atoms with Crippen molar-refractivity contribution in [1.29, 1.82) is 0 Å². The fraction of sp³-hybridized carbons (Fsp3) is 0.529. The van der Waals surface area contributed by atoms with Crippen LogP contribution < -0.4 is 0 Å². The molecule has 1 aromatic rings. The average molecular weight is 306 g/mol.